The van der Waals surface area contributed by atoms with Crippen molar-refractivity contribution in [2.24, 2.45) is 17.6 Å². The molecule has 2 unspecified atom stereocenters. The van der Waals surface area contributed by atoms with Crippen LogP contribution in [-0.4, -0.2) is 18.2 Å². The molecule has 0 heterocycles. The molecule has 2 rings (SSSR count). The average molecular weight is 183 g/mol. The Hall–Kier alpha value is -0.0800. The number of nitrogens with two attached hydrogens (primary N) is 1. The lowest BCUT2D eigenvalue weighted by Crippen LogP contribution is -2.20. The lowest BCUT2D eigenvalue weighted by atomic mass is 10.0. The molecule has 13 heavy (non-hydrogen) atoms. The molecule has 2 fully saturated rings. The zero-order valence-corrected chi connectivity index (χ0v) is 8.70. The highest BCUT2D eigenvalue weighted by Gasteiger charge is 2.40. The quantitative estimate of drug-likeness (QED) is 0.710. The summed E-state index contributed by atoms with van der Waals surface area (Å²) in [6.45, 7) is 4.25. The Kier molecular flexibility index (Phi) is 2.61. The number of rotatable bonds is 2. The van der Waals surface area contributed by atoms with Gasteiger partial charge in [0.25, 0.3) is 0 Å². The Bertz CT molecular complexity index is 167. The van der Waals surface area contributed by atoms with Crippen LogP contribution in [0.15, 0.2) is 0 Å². The zero-order valence-electron chi connectivity index (χ0n) is 8.70. The molecule has 0 aromatic carbocycles. The molecule has 0 saturated heterocycles. The molecule has 0 aromatic rings. The SMILES string of the molecule is CC(C)OC1CC2CC(N)CC2C1. The van der Waals surface area contributed by atoms with E-state index in [4.69, 9.17) is 10.5 Å². The van der Waals surface area contributed by atoms with E-state index in [1.165, 1.54) is 25.7 Å². The predicted octanol–water partition coefficient (Wildman–Crippen LogP) is 1.93. The molecule has 0 aliphatic heterocycles. The van der Waals surface area contributed by atoms with Crippen LogP contribution in [0.3, 0.4) is 0 Å². The molecule has 2 aliphatic rings. The largest absolute Gasteiger partial charge is 0.376 e. The summed E-state index contributed by atoms with van der Waals surface area (Å²) in [4.78, 5) is 0. The molecular weight excluding hydrogens is 162 g/mol. The van der Waals surface area contributed by atoms with Crippen LogP contribution >= 0.6 is 0 Å². The van der Waals surface area contributed by atoms with Crippen molar-refractivity contribution >= 4 is 0 Å². The molecule has 2 aliphatic carbocycles. The van der Waals surface area contributed by atoms with Crippen molar-refractivity contribution < 1.29 is 4.74 Å². The van der Waals surface area contributed by atoms with Gasteiger partial charge >= 0.3 is 0 Å². The molecule has 2 N–H and O–H groups in total. The maximum absolute atomic E-state index is 5.93. The standard InChI is InChI=1S/C11H21NO/c1-7(2)13-11-5-8-3-10(12)4-9(8)6-11/h7-11H,3-6,12H2,1-2H3. The van der Waals surface area contributed by atoms with Crippen molar-refractivity contribution in [3.8, 4) is 0 Å². The molecule has 0 amide bonds. The van der Waals surface area contributed by atoms with E-state index in [9.17, 15) is 0 Å². The fourth-order valence-electron chi connectivity index (χ4n) is 3.10. The van der Waals surface area contributed by atoms with E-state index in [1.807, 2.05) is 0 Å². The molecule has 0 bridgehead atoms. The third-order valence-corrected chi connectivity index (χ3v) is 3.47. The van der Waals surface area contributed by atoms with Gasteiger partial charge in [0.05, 0.1) is 12.2 Å². The van der Waals surface area contributed by atoms with E-state index < -0.39 is 0 Å². The molecule has 2 nitrogen and oxygen atoms in total. The fraction of sp³-hybridized carbons (Fsp3) is 1.00. The second kappa shape index (κ2) is 3.58. The van der Waals surface area contributed by atoms with Gasteiger partial charge in [0, 0.05) is 6.04 Å². The number of ether oxygens (including phenoxy) is 1. The van der Waals surface area contributed by atoms with Crippen LogP contribution in [0.5, 0.6) is 0 Å². The van der Waals surface area contributed by atoms with Crippen LogP contribution in [0.2, 0.25) is 0 Å². The Labute approximate surface area is 80.8 Å². The summed E-state index contributed by atoms with van der Waals surface area (Å²) in [7, 11) is 0. The van der Waals surface area contributed by atoms with Crippen LogP contribution in [0, 0.1) is 11.8 Å². The molecular formula is C11H21NO. The predicted molar refractivity (Wildman–Crippen MR) is 53.4 cm³/mol. The van der Waals surface area contributed by atoms with Gasteiger partial charge in [-0.2, -0.15) is 0 Å². The first-order chi connectivity index (χ1) is 6.15. The minimum absolute atomic E-state index is 0.387. The first-order valence-electron chi connectivity index (χ1n) is 5.56. The third kappa shape index (κ3) is 2.05. The summed E-state index contributed by atoms with van der Waals surface area (Å²) in [6, 6.07) is 0.481. The smallest absolute Gasteiger partial charge is 0.0584 e. The van der Waals surface area contributed by atoms with Gasteiger partial charge < -0.3 is 10.5 Å². The highest BCUT2D eigenvalue weighted by Crippen LogP contribution is 2.44. The normalized spacial score (nSPS) is 44.3. The van der Waals surface area contributed by atoms with Crippen molar-refractivity contribution in [2.45, 2.75) is 57.8 Å². The van der Waals surface area contributed by atoms with E-state index in [1.54, 1.807) is 0 Å². The summed E-state index contributed by atoms with van der Waals surface area (Å²) >= 11 is 0. The van der Waals surface area contributed by atoms with Crippen LogP contribution in [0.4, 0.5) is 0 Å². The van der Waals surface area contributed by atoms with Crippen molar-refractivity contribution in [1.29, 1.82) is 0 Å². The van der Waals surface area contributed by atoms with Crippen molar-refractivity contribution in [3.05, 3.63) is 0 Å². The molecule has 0 radical (unpaired) electrons. The van der Waals surface area contributed by atoms with Crippen molar-refractivity contribution in [2.75, 3.05) is 0 Å². The highest BCUT2D eigenvalue weighted by molar-refractivity contribution is 4.93. The average Bonchev–Trinajstić information content (AvgIpc) is 2.41. The first-order valence-corrected chi connectivity index (χ1v) is 5.56. The maximum atomic E-state index is 5.93. The second-order valence-electron chi connectivity index (χ2n) is 5.03. The summed E-state index contributed by atoms with van der Waals surface area (Å²) in [5, 5.41) is 0. The molecule has 76 valence electrons. The summed E-state index contributed by atoms with van der Waals surface area (Å²) < 4.78 is 5.84. The fourth-order valence-corrected chi connectivity index (χ4v) is 3.10. The van der Waals surface area contributed by atoms with E-state index in [-0.39, 0.29) is 0 Å². The number of fused-ring (bicyclic) bond motifs is 1. The van der Waals surface area contributed by atoms with Crippen LogP contribution in [-0.2, 0) is 4.74 Å². The van der Waals surface area contributed by atoms with Crippen molar-refractivity contribution in [3.63, 3.8) is 0 Å². The Morgan fingerprint density at radius 2 is 1.62 bits per heavy atom. The summed E-state index contributed by atoms with van der Waals surface area (Å²) in [6.07, 6.45) is 5.92. The molecule has 2 heteroatoms. The minimum Gasteiger partial charge on any atom is -0.376 e. The second-order valence-corrected chi connectivity index (χ2v) is 5.03. The lowest BCUT2D eigenvalue weighted by Gasteiger charge is -2.16. The van der Waals surface area contributed by atoms with Gasteiger partial charge in [-0.3, -0.25) is 0 Å². The maximum Gasteiger partial charge on any atom is 0.0584 e. The Morgan fingerprint density at radius 1 is 1.08 bits per heavy atom. The molecule has 2 saturated carbocycles. The Balaban J connectivity index is 1.83. The minimum atomic E-state index is 0.387. The van der Waals surface area contributed by atoms with Crippen LogP contribution in [0.1, 0.15) is 39.5 Å². The Morgan fingerprint density at radius 3 is 2.08 bits per heavy atom. The van der Waals surface area contributed by atoms with Gasteiger partial charge in [-0.15, -0.1) is 0 Å². The monoisotopic (exact) mass is 183 g/mol. The van der Waals surface area contributed by atoms with Gasteiger partial charge in [0.15, 0.2) is 0 Å². The van der Waals surface area contributed by atoms with Crippen molar-refractivity contribution in [1.82, 2.24) is 0 Å². The molecule has 2 atom stereocenters. The van der Waals surface area contributed by atoms with Gasteiger partial charge in [-0.05, 0) is 51.4 Å². The molecule has 0 aromatic heterocycles. The van der Waals surface area contributed by atoms with E-state index in [2.05, 4.69) is 13.8 Å². The summed E-state index contributed by atoms with van der Waals surface area (Å²) in [5.41, 5.74) is 5.93. The lowest BCUT2D eigenvalue weighted by molar-refractivity contribution is 0.00759. The van der Waals surface area contributed by atoms with Gasteiger partial charge in [0.1, 0.15) is 0 Å². The summed E-state index contributed by atoms with van der Waals surface area (Å²) in [5.74, 6) is 1.75. The van der Waals surface area contributed by atoms with Crippen LogP contribution < -0.4 is 5.73 Å². The molecule has 0 spiro atoms. The zero-order chi connectivity index (χ0) is 9.42. The number of hydrogen-bond acceptors (Lipinski definition) is 2. The number of hydrogen-bond donors (Lipinski definition) is 1. The topological polar surface area (TPSA) is 35.2 Å². The van der Waals surface area contributed by atoms with Gasteiger partial charge in [-0.25, -0.2) is 0 Å². The van der Waals surface area contributed by atoms with E-state index >= 15 is 0 Å². The van der Waals surface area contributed by atoms with E-state index in [0.29, 0.717) is 18.2 Å². The van der Waals surface area contributed by atoms with E-state index in [0.717, 1.165) is 11.8 Å². The third-order valence-electron chi connectivity index (χ3n) is 3.47. The highest BCUT2D eigenvalue weighted by atomic mass is 16.5. The van der Waals surface area contributed by atoms with Gasteiger partial charge in [0.2, 0.25) is 0 Å². The van der Waals surface area contributed by atoms with Crippen LogP contribution in [0.25, 0.3) is 0 Å². The van der Waals surface area contributed by atoms with Gasteiger partial charge in [-0.1, -0.05) is 0 Å². The first kappa shape index (κ1) is 9.47.